The van der Waals surface area contributed by atoms with E-state index in [1.165, 1.54) is 11.2 Å². The highest BCUT2D eigenvalue weighted by atomic mass is 19.4. The molecule has 1 aromatic heterocycles. The van der Waals surface area contributed by atoms with Crippen LogP contribution in [0.5, 0.6) is 0 Å². The summed E-state index contributed by atoms with van der Waals surface area (Å²) in [6, 6.07) is 9.55. The van der Waals surface area contributed by atoms with Gasteiger partial charge in [0.1, 0.15) is 12.0 Å². The highest BCUT2D eigenvalue weighted by Gasteiger charge is 2.32. The third kappa shape index (κ3) is 3.35. The van der Waals surface area contributed by atoms with Crippen molar-refractivity contribution in [3.8, 4) is 0 Å². The first-order chi connectivity index (χ1) is 15.2. The number of hydrazone groups is 1. The van der Waals surface area contributed by atoms with Crippen molar-refractivity contribution in [2.75, 3.05) is 0 Å². The van der Waals surface area contributed by atoms with Crippen molar-refractivity contribution in [2.24, 2.45) is 5.10 Å². The fourth-order valence-electron chi connectivity index (χ4n) is 3.82. The third-order valence-corrected chi connectivity index (χ3v) is 5.46. The molecule has 5 nitrogen and oxygen atoms in total. The molecule has 2 aliphatic rings. The highest BCUT2D eigenvalue weighted by molar-refractivity contribution is 6.01. The van der Waals surface area contributed by atoms with Gasteiger partial charge in [-0.25, -0.2) is 9.40 Å². The number of hydrogen-bond donors (Lipinski definition) is 2. The molecule has 0 saturated heterocycles. The van der Waals surface area contributed by atoms with Crippen molar-refractivity contribution in [3.05, 3.63) is 99.2 Å². The van der Waals surface area contributed by atoms with Gasteiger partial charge in [-0.1, -0.05) is 18.2 Å². The van der Waals surface area contributed by atoms with Gasteiger partial charge in [-0.15, -0.1) is 0 Å². The average molecular weight is 440 g/mol. The molecular weight excluding hydrogens is 424 g/mol. The third-order valence-electron chi connectivity index (χ3n) is 5.46. The minimum Gasteiger partial charge on any atom is -0.352 e. The second-order valence-corrected chi connectivity index (χ2v) is 7.59. The maximum absolute atomic E-state index is 13.8. The Balaban J connectivity index is 1.53. The molecule has 9 heteroatoms. The lowest BCUT2D eigenvalue weighted by molar-refractivity contribution is -0.137. The zero-order valence-electron chi connectivity index (χ0n) is 16.7. The van der Waals surface area contributed by atoms with Crippen molar-refractivity contribution < 1.29 is 17.6 Å². The molecule has 2 N–H and O–H groups in total. The van der Waals surface area contributed by atoms with E-state index in [2.05, 4.69) is 15.4 Å². The highest BCUT2D eigenvalue weighted by Crippen LogP contribution is 2.33. The standard InChI is InChI=1S/C23H16F4N4O/c1-12-20(28-18-5-3-2-4-17(18)21(12)32)22-29-19-7-6-13(11-31(19)30-22)14-8-15(23(25,26)27)10-16(24)9-14/h2-11,19H,1H3,(H,28,32)(H,29,30). The normalized spacial score (nSPS) is 17.8. The topological polar surface area (TPSA) is 60.5 Å². The van der Waals surface area contributed by atoms with Crippen molar-refractivity contribution in [2.45, 2.75) is 19.3 Å². The number of alkyl halides is 3. The molecule has 0 bridgehead atoms. The summed E-state index contributed by atoms with van der Waals surface area (Å²) < 4.78 is 53.1. The molecule has 32 heavy (non-hydrogen) atoms. The van der Waals surface area contributed by atoms with Gasteiger partial charge in [0, 0.05) is 22.7 Å². The van der Waals surface area contributed by atoms with Gasteiger partial charge in [0.2, 0.25) is 0 Å². The Morgan fingerprint density at radius 2 is 1.91 bits per heavy atom. The number of hydrogen-bond acceptors (Lipinski definition) is 4. The van der Waals surface area contributed by atoms with Gasteiger partial charge in [-0.3, -0.25) is 4.79 Å². The number of nitrogens with one attached hydrogen (secondary N) is 2. The number of para-hydroxylation sites is 1. The number of aromatic nitrogens is 1. The molecule has 0 aliphatic carbocycles. The van der Waals surface area contributed by atoms with Gasteiger partial charge in [0.25, 0.3) is 0 Å². The van der Waals surface area contributed by atoms with E-state index in [0.29, 0.717) is 39.6 Å². The lowest BCUT2D eigenvalue weighted by atomic mass is 10.0. The van der Waals surface area contributed by atoms with Crippen molar-refractivity contribution in [1.29, 1.82) is 0 Å². The van der Waals surface area contributed by atoms with Crippen LogP contribution in [-0.2, 0) is 6.18 Å². The van der Waals surface area contributed by atoms with E-state index < -0.39 is 23.7 Å². The van der Waals surface area contributed by atoms with Gasteiger partial charge >= 0.3 is 6.18 Å². The van der Waals surface area contributed by atoms with Crippen LogP contribution in [0.1, 0.15) is 22.4 Å². The molecule has 1 unspecified atom stereocenters. The number of nitrogens with zero attached hydrogens (tertiary/aromatic N) is 2. The van der Waals surface area contributed by atoms with Crippen LogP contribution >= 0.6 is 0 Å². The molecule has 0 spiro atoms. The van der Waals surface area contributed by atoms with Crippen LogP contribution in [0.4, 0.5) is 17.6 Å². The van der Waals surface area contributed by atoms with Gasteiger partial charge < -0.3 is 10.3 Å². The summed E-state index contributed by atoms with van der Waals surface area (Å²) in [6.07, 6.45) is -0.193. The zero-order valence-corrected chi connectivity index (χ0v) is 16.7. The van der Waals surface area contributed by atoms with Gasteiger partial charge in [0.05, 0.1) is 11.3 Å². The van der Waals surface area contributed by atoms with E-state index >= 15 is 0 Å². The quantitative estimate of drug-likeness (QED) is 0.577. The minimum absolute atomic E-state index is 0.0889. The van der Waals surface area contributed by atoms with Gasteiger partial charge in [0.15, 0.2) is 11.3 Å². The first kappa shape index (κ1) is 20.0. The summed E-state index contributed by atoms with van der Waals surface area (Å²) in [5.74, 6) is -0.549. The van der Waals surface area contributed by atoms with E-state index in [1.54, 1.807) is 37.3 Å². The number of allylic oxidation sites excluding steroid dienone is 2. The number of halogens is 4. The van der Waals surface area contributed by atoms with E-state index in [-0.39, 0.29) is 11.0 Å². The number of rotatable bonds is 2. The Kier molecular flexibility index (Phi) is 4.44. The van der Waals surface area contributed by atoms with Crippen LogP contribution in [0.3, 0.4) is 0 Å². The summed E-state index contributed by atoms with van der Waals surface area (Å²) in [6.45, 7) is 1.70. The molecule has 162 valence electrons. The second-order valence-electron chi connectivity index (χ2n) is 7.59. The van der Waals surface area contributed by atoms with Crippen LogP contribution in [-0.4, -0.2) is 22.0 Å². The zero-order chi connectivity index (χ0) is 22.6. The lowest BCUT2D eigenvalue weighted by Gasteiger charge is -2.22. The molecule has 2 aliphatic heterocycles. The summed E-state index contributed by atoms with van der Waals surface area (Å²) in [4.78, 5) is 16.0. The lowest BCUT2D eigenvalue weighted by Crippen LogP contribution is -2.36. The molecular formula is C23H16F4N4O. The number of amidine groups is 1. The Labute approximate surface area is 179 Å². The SMILES string of the molecule is Cc1c(C2=NN3C=C(c4cc(F)cc(C(F)(F)F)c4)C=CC3N2)[nH]c2ccccc2c1=O. The van der Waals surface area contributed by atoms with E-state index in [0.717, 1.165) is 12.1 Å². The largest absolute Gasteiger partial charge is 0.416 e. The molecule has 0 radical (unpaired) electrons. The van der Waals surface area contributed by atoms with Crippen LogP contribution in [0.15, 0.2) is 70.7 Å². The number of benzene rings is 2. The first-order valence-electron chi connectivity index (χ1n) is 9.74. The molecule has 0 saturated carbocycles. The van der Waals surface area contributed by atoms with E-state index in [4.69, 9.17) is 0 Å². The minimum atomic E-state index is -4.65. The second kappa shape index (κ2) is 7.08. The van der Waals surface area contributed by atoms with Crippen LogP contribution in [0.2, 0.25) is 0 Å². The Hall–Kier alpha value is -3.88. The summed E-state index contributed by atoms with van der Waals surface area (Å²) in [5, 5.41) is 9.76. The fraction of sp³-hybridized carbons (Fsp3) is 0.130. The molecule has 3 aromatic rings. The smallest absolute Gasteiger partial charge is 0.352 e. The Morgan fingerprint density at radius 1 is 1.12 bits per heavy atom. The molecule has 0 amide bonds. The summed E-state index contributed by atoms with van der Waals surface area (Å²) in [7, 11) is 0. The van der Waals surface area contributed by atoms with E-state index in [1.807, 2.05) is 6.07 Å². The summed E-state index contributed by atoms with van der Waals surface area (Å²) in [5.41, 5.74) is 0.970. The van der Waals surface area contributed by atoms with Crippen LogP contribution in [0, 0.1) is 12.7 Å². The first-order valence-corrected chi connectivity index (χ1v) is 9.74. The summed E-state index contributed by atoms with van der Waals surface area (Å²) >= 11 is 0. The molecule has 5 rings (SSSR count). The Morgan fingerprint density at radius 3 is 2.69 bits per heavy atom. The Bertz CT molecular complexity index is 1400. The van der Waals surface area contributed by atoms with E-state index in [9.17, 15) is 22.4 Å². The maximum atomic E-state index is 13.8. The van der Waals surface area contributed by atoms with Gasteiger partial charge in [-0.05, 0) is 54.5 Å². The number of fused-ring (bicyclic) bond motifs is 2. The van der Waals surface area contributed by atoms with Gasteiger partial charge in [-0.2, -0.15) is 18.3 Å². The molecule has 3 heterocycles. The van der Waals surface area contributed by atoms with Crippen molar-refractivity contribution in [1.82, 2.24) is 15.3 Å². The predicted molar refractivity (Wildman–Crippen MR) is 113 cm³/mol. The predicted octanol–water partition coefficient (Wildman–Crippen LogP) is 4.50. The fourth-order valence-corrected chi connectivity index (χ4v) is 3.82. The molecule has 1 atom stereocenters. The number of H-pyrrole nitrogens is 1. The van der Waals surface area contributed by atoms with Crippen LogP contribution in [0.25, 0.3) is 16.5 Å². The molecule has 0 fully saturated rings. The monoisotopic (exact) mass is 440 g/mol. The average Bonchev–Trinajstić information content (AvgIpc) is 3.18. The van der Waals surface area contributed by atoms with Crippen molar-refractivity contribution in [3.63, 3.8) is 0 Å². The number of aromatic amines is 1. The molecule has 2 aromatic carbocycles. The maximum Gasteiger partial charge on any atom is 0.416 e. The van der Waals surface area contributed by atoms with Crippen LogP contribution < -0.4 is 10.7 Å². The number of pyridine rings is 1. The van der Waals surface area contributed by atoms with Crippen molar-refractivity contribution >= 4 is 22.3 Å².